The first-order valence-electron chi connectivity index (χ1n) is 9.45. The smallest absolute Gasteiger partial charge is 0.475 e. The topological polar surface area (TPSA) is 88.4 Å². The van der Waals surface area contributed by atoms with Crippen LogP contribution in [0.4, 0.5) is 13.2 Å². The highest BCUT2D eigenvalue weighted by atomic mass is 32.2. The van der Waals surface area contributed by atoms with Gasteiger partial charge >= 0.3 is 12.1 Å². The third kappa shape index (κ3) is 3.98. The van der Waals surface area contributed by atoms with Gasteiger partial charge in [-0.1, -0.05) is 30.3 Å². The molecule has 0 amide bonds. The lowest BCUT2D eigenvalue weighted by atomic mass is 10.1. The zero-order chi connectivity index (χ0) is 23.1. The normalized spacial score (nSPS) is 14.1. The molecular formula is C21H17F3N2O4S2. The Morgan fingerprint density at radius 1 is 1.09 bits per heavy atom. The summed E-state index contributed by atoms with van der Waals surface area (Å²) in [5.41, 5.74) is 3.03. The Kier molecular flexibility index (Phi) is 5.74. The van der Waals surface area contributed by atoms with Gasteiger partial charge in [-0.2, -0.15) is 13.2 Å². The molecule has 168 valence electrons. The van der Waals surface area contributed by atoms with Gasteiger partial charge in [0.1, 0.15) is 4.90 Å². The van der Waals surface area contributed by atoms with Gasteiger partial charge in [0.15, 0.2) is 0 Å². The summed E-state index contributed by atoms with van der Waals surface area (Å²) in [5, 5.41) is 14.1. The first-order valence-corrected chi connectivity index (χ1v) is 11.8. The van der Waals surface area contributed by atoms with Crippen LogP contribution in [0.3, 0.4) is 0 Å². The van der Waals surface area contributed by atoms with Gasteiger partial charge in [-0.3, -0.25) is 0 Å². The van der Waals surface area contributed by atoms with Crippen molar-refractivity contribution in [1.82, 2.24) is 9.29 Å². The van der Waals surface area contributed by atoms with Crippen LogP contribution in [0.1, 0.15) is 11.1 Å². The number of thiophene rings is 1. The number of rotatable bonds is 2. The number of fused-ring (bicyclic) bond motifs is 1. The molecule has 0 spiro atoms. The number of hydrogen-bond donors (Lipinski definition) is 2. The van der Waals surface area contributed by atoms with Gasteiger partial charge < -0.3 is 10.4 Å². The fourth-order valence-corrected chi connectivity index (χ4v) is 6.52. The van der Waals surface area contributed by atoms with Crippen LogP contribution in [0.2, 0.25) is 0 Å². The van der Waals surface area contributed by atoms with Gasteiger partial charge in [-0.25, -0.2) is 17.2 Å². The lowest BCUT2D eigenvalue weighted by Gasteiger charge is -2.08. The summed E-state index contributed by atoms with van der Waals surface area (Å²) in [7, 11) is -3.63. The second-order valence-electron chi connectivity index (χ2n) is 7.09. The van der Waals surface area contributed by atoms with E-state index in [4.69, 9.17) is 9.90 Å². The summed E-state index contributed by atoms with van der Waals surface area (Å²) in [6.07, 6.45) is -2.44. The number of benzene rings is 2. The molecule has 6 nitrogen and oxygen atoms in total. The molecular weight excluding hydrogens is 465 g/mol. The summed E-state index contributed by atoms with van der Waals surface area (Å²) >= 11 is 1.47. The molecule has 11 heteroatoms. The van der Waals surface area contributed by atoms with E-state index < -0.39 is 22.2 Å². The maximum Gasteiger partial charge on any atom is 0.490 e. The Labute approximate surface area is 184 Å². The molecule has 1 aliphatic heterocycles. The van der Waals surface area contributed by atoms with Gasteiger partial charge in [-0.05, 0) is 36.2 Å². The van der Waals surface area contributed by atoms with Crippen LogP contribution in [-0.2, 0) is 27.8 Å². The predicted molar refractivity (Wildman–Crippen MR) is 115 cm³/mol. The highest BCUT2D eigenvalue weighted by Gasteiger charge is 2.38. The average Bonchev–Trinajstić information content (AvgIpc) is 3.27. The van der Waals surface area contributed by atoms with E-state index in [2.05, 4.69) is 11.4 Å². The summed E-state index contributed by atoms with van der Waals surface area (Å²) in [4.78, 5) is 9.28. The van der Waals surface area contributed by atoms with E-state index >= 15 is 0 Å². The summed E-state index contributed by atoms with van der Waals surface area (Å²) in [6.45, 7) is 1.63. The molecule has 2 N–H and O–H groups in total. The largest absolute Gasteiger partial charge is 0.490 e. The highest BCUT2D eigenvalue weighted by Crippen LogP contribution is 2.34. The van der Waals surface area contributed by atoms with E-state index in [0.717, 1.165) is 51.6 Å². The second kappa shape index (κ2) is 8.23. The fraction of sp³-hybridized carbons (Fsp3) is 0.190. The Morgan fingerprint density at radius 3 is 2.53 bits per heavy atom. The zero-order valence-corrected chi connectivity index (χ0v) is 18.0. The third-order valence-electron chi connectivity index (χ3n) is 5.07. The molecule has 32 heavy (non-hydrogen) atoms. The summed E-state index contributed by atoms with van der Waals surface area (Å²) in [6, 6.07) is 13.6. The summed E-state index contributed by atoms with van der Waals surface area (Å²) in [5.74, 6) is -2.76. The quantitative estimate of drug-likeness (QED) is 0.443. The van der Waals surface area contributed by atoms with Crippen molar-refractivity contribution in [3.63, 3.8) is 0 Å². The molecule has 1 aliphatic rings. The van der Waals surface area contributed by atoms with E-state index in [1.807, 2.05) is 42.6 Å². The number of carboxylic acid groups (broad SMARTS) is 1. The van der Waals surface area contributed by atoms with E-state index in [0.29, 0.717) is 4.90 Å². The molecule has 0 atom stereocenters. The standard InChI is InChI=1S/C19H16N2O2S2.C2HF3O2/c22-25(23,18-12-24-17-7-2-1-5-15(17)18)21-11-14-8-9-20-10-13-4-3-6-16(21)19(13)14;3-2(4,5)1(6)7/h1-7,11-12,20H,8-10H2;(H,6,7). The molecule has 0 aliphatic carbocycles. The number of carbonyl (C=O) groups is 1. The monoisotopic (exact) mass is 482 g/mol. The Morgan fingerprint density at radius 2 is 1.81 bits per heavy atom. The lowest BCUT2D eigenvalue weighted by molar-refractivity contribution is -0.192. The van der Waals surface area contributed by atoms with E-state index in [-0.39, 0.29) is 0 Å². The van der Waals surface area contributed by atoms with Gasteiger partial charge in [-0.15, -0.1) is 11.3 Å². The van der Waals surface area contributed by atoms with Gasteiger partial charge in [0.05, 0.1) is 5.52 Å². The molecule has 4 aromatic rings. The fourth-order valence-electron chi connectivity index (χ4n) is 3.66. The number of halogens is 3. The van der Waals surface area contributed by atoms with Crippen LogP contribution in [-0.4, -0.2) is 36.2 Å². The van der Waals surface area contributed by atoms with Crippen LogP contribution >= 0.6 is 11.3 Å². The SMILES string of the molecule is O=C(O)C(F)(F)F.O=S(=O)(c1csc2ccccc12)n1cc2c3c(cccc31)CNCC2. The van der Waals surface area contributed by atoms with Gasteiger partial charge in [0, 0.05) is 33.6 Å². The number of nitrogens with one attached hydrogen (secondary N) is 1. The predicted octanol–water partition coefficient (Wildman–Crippen LogP) is 4.37. The van der Waals surface area contributed by atoms with Crippen molar-refractivity contribution >= 4 is 48.3 Å². The van der Waals surface area contributed by atoms with E-state index in [1.54, 1.807) is 5.38 Å². The maximum absolute atomic E-state index is 13.4. The average molecular weight is 483 g/mol. The van der Waals surface area contributed by atoms with Crippen molar-refractivity contribution in [3.05, 3.63) is 65.2 Å². The number of aromatic nitrogens is 1. The van der Waals surface area contributed by atoms with Crippen molar-refractivity contribution in [3.8, 4) is 0 Å². The van der Waals surface area contributed by atoms with E-state index in [1.165, 1.54) is 15.3 Å². The van der Waals surface area contributed by atoms with Crippen LogP contribution in [0, 0.1) is 0 Å². The van der Waals surface area contributed by atoms with Gasteiger partial charge in [0.25, 0.3) is 10.0 Å². The lowest BCUT2D eigenvalue weighted by Crippen LogP contribution is -2.21. The molecule has 0 saturated carbocycles. The van der Waals surface area contributed by atoms with Crippen molar-refractivity contribution in [2.75, 3.05) is 6.54 Å². The van der Waals surface area contributed by atoms with Gasteiger partial charge in [0.2, 0.25) is 0 Å². The zero-order valence-electron chi connectivity index (χ0n) is 16.4. The third-order valence-corrected chi connectivity index (χ3v) is 7.90. The van der Waals surface area contributed by atoms with Crippen molar-refractivity contribution in [2.24, 2.45) is 0 Å². The van der Waals surface area contributed by atoms with Crippen molar-refractivity contribution in [1.29, 1.82) is 0 Å². The second-order valence-corrected chi connectivity index (χ2v) is 9.79. The molecule has 3 heterocycles. The molecule has 5 rings (SSSR count). The Bertz CT molecular complexity index is 1420. The highest BCUT2D eigenvalue weighted by molar-refractivity contribution is 7.90. The molecule has 0 fully saturated rings. The van der Waals surface area contributed by atoms with Crippen molar-refractivity contribution < 1.29 is 31.5 Å². The first-order chi connectivity index (χ1) is 15.1. The Hall–Kier alpha value is -2.89. The van der Waals surface area contributed by atoms with Crippen LogP contribution in [0.25, 0.3) is 21.0 Å². The number of alkyl halides is 3. The summed E-state index contributed by atoms with van der Waals surface area (Å²) < 4.78 is 61.0. The number of aliphatic carboxylic acids is 1. The first kappa shape index (κ1) is 22.3. The van der Waals surface area contributed by atoms with Crippen LogP contribution < -0.4 is 5.32 Å². The van der Waals surface area contributed by atoms with E-state index in [9.17, 15) is 21.6 Å². The molecule has 2 aromatic carbocycles. The van der Waals surface area contributed by atoms with Crippen LogP contribution in [0.15, 0.2) is 58.9 Å². The molecule has 0 unspecified atom stereocenters. The van der Waals surface area contributed by atoms with Crippen LogP contribution in [0.5, 0.6) is 0 Å². The number of carboxylic acids is 1. The Balaban J connectivity index is 0.000000307. The minimum atomic E-state index is -5.08. The minimum absolute atomic E-state index is 0.386. The minimum Gasteiger partial charge on any atom is -0.475 e. The molecule has 2 aromatic heterocycles. The van der Waals surface area contributed by atoms with Crippen molar-refractivity contribution in [2.45, 2.75) is 24.0 Å². The molecule has 0 radical (unpaired) electrons. The number of nitrogens with zero attached hydrogens (tertiary/aromatic N) is 1. The molecule has 0 bridgehead atoms. The maximum atomic E-state index is 13.4. The number of hydrogen-bond acceptors (Lipinski definition) is 5. The molecule has 0 saturated heterocycles.